The normalized spacial score (nSPS) is 10.4. The van der Waals surface area contributed by atoms with E-state index < -0.39 is 0 Å². The van der Waals surface area contributed by atoms with Crippen molar-refractivity contribution < 1.29 is 14.0 Å². The van der Waals surface area contributed by atoms with Crippen LogP contribution in [0.15, 0.2) is 53.2 Å². The first-order valence-electron chi connectivity index (χ1n) is 6.04. The zero-order valence-corrected chi connectivity index (χ0v) is 10.9. The number of nitrogens with one attached hydrogen (secondary N) is 2. The molecule has 1 aromatic heterocycles. The number of carbonyl (C=O) groups excluding carboxylic acids is 2. The summed E-state index contributed by atoms with van der Waals surface area (Å²) in [5, 5.41) is 5.36. The van der Waals surface area contributed by atoms with Crippen LogP contribution >= 0.6 is 0 Å². The number of hydrogen-bond donors (Lipinski definition) is 2. The monoisotopic (exact) mass is 270 g/mol. The molecule has 0 spiro atoms. The Hall–Kier alpha value is -2.82. The SMILES string of the molecule is CC(=O)Nc1ccc(NC(=O)C=Cc2ccco2)cc1. The molecule has 20 heavy (non-hydrogen) atoms. The zero-order chi connectivity index (χ0) is 14.4. The van der Waals surface area contributed by atoms with Crippen LogP contribution in [0.4, 0.5) is 11.4 Å². The molecular weight excluding hydrogens is 256 g/mol. The lowest BCUT2D eigenvalue weighted by Crippen LogP contribution is -2.08. The summed E-state index contributed by atoms with van der Waals surface area (Å²) in [5.74, 6) is 0.220. The van der Waals surface area contributed by atoms with Gasteiger partial charge in [-0.25, -0.2) is 0 Å². The topological polar surface area (TPSA) is 71.3 Å². The van der Waals surface area contributed by atoms with Gasteiger partial charge in [0.15, 0.2) is 0 Å². The smallest absolute Gasteiger partial charge is 0.248 e. The number of amides is 2. The third kappa shape index (κ3) is 4.13. The lowest BCUT2D eigenvalue weighted by molar-refractivity contribution is -0.114. The van der Waals surface area contributed by atoms with Crippen molar-refractivity contribution in [2.24, 2.45) is 0 Å². The van der Waals surface area contributed by atoms with Crippen molar-refractivity contribution in [2.45, 2.75) is 6.92 Å². The molecule has 0 saturated carbocycles. The number of carbonyl (C=O) groups is 2. The first-order chi connectivity index (χ1) is 9.63. The third-order valence-corrected chi connectivity index (χ3v) is 2.41. The minimum atomic E-state index is -0.256. The van der Waals surface area contributed by atoms with Crippen molar-refractivity contribution in [3.8, 4) is 0 Å². The fourth-order valence-electron chi connectivity index (χ4n) is 1.57. The Kier molecular flexibility index (Phi) is 4.34. The Labute approximate surface area is 116 Å². The molecule has 2 aromatic rings. The van der Waals surface area contributed by atoms with E-state index in [1.54, 1.807) is 48.7 Å². The van der Waals surface area contributed by atoms with E-state index in [0.29, 0.717) is 17.1 Å². The van der Waals surface area contributed by atoms with Crippen LogP contribution in [0, 0.1) is 0 Å². The highest BCUT2D eigenvalue weighted by Crippen LogP contribution is 2.13. The molecule has 2 amide bonds. The molecule has 0 aliphatic carbocycles. The van der Waals surface area contributed by atoms with Gasteiger partial charge in [0, 0.05) is 24.4 Å². The van der Waals surface area contributed by atoms with Crippen LogP contribution in [0.2, 0.25) is 0 Å². The molecule has 0 bridgehead atoms. The van der Waals surface area contributed by atoms with Crippen molar-refractivity contribution in [1.29, 1.82) is 0 Å². The minimum absolute atomic E-state index is 0.136. The highest BCUT2D eigenvalue weighted by molar-refractivity contribution is 6.01. The maximum absolute atomic E-state index is 11.7. The van der Waals surface area contributed by atoms with E-state index in [2.05, 4.69) is 10.6 Å². The Bertz CT molecular complexity index is 613. The molecular formula is C15H14N2O3. The highest BCUT2D eigenvalue weighted by atomic mass is 16.3. The van der Waals surface area contributed by atoms with Crippen LogP contribution in [0.3, 0.4) is 0 Å². The second kappa shape index (κ2) is 6.38. The lowest BCUT2D eigenvalue weighted by atomic mass is 10.2. The van der Waals surface area contributed by atoms with Crippen molar-refractivity contribution in [1.82, 2.24) is 0 Å². The number of furan rings is 1. The van der Waals surface area contributed by atoms with Gasteiger partial charge in [-0.1, -0.05) is 0 Å². The number of hydrogen-bond acceptors (Lipinski definition) is 3. The Balaban J connectivity index is 1.92. The van der Waals surface area contributed by atoms with Crippen LogP contribution in [-0.4, -0.2) is 11.8 Å². The molecule has 2 rings (SSSR count). The van der Waals surface area contributed by atoms with E-state index in [9.17, 15) is 9.59 Å². The van der Waals surface area contributed by atoms with Gasteiger partial charge in [-0.3, -0.25) is 9.59 Å². The number of benzene rings is 1. The predicted octanol–water partition coefficient (Wildman–Crippen LogP) is 2.89. The largest absolute Gasteiger partial charge is 0.465 e. The van der Waals surface area contributed by atoms with Gasteiger partial charge in [0.2, 0.25) is 11.8 Å². The van der Waals surface area contributed by atoms with Gasteiger partial charge < -0.3 is 15.1 Å². The van der Waals surface area contributed by atoms with Crippen molar-refractivity contribution in [3.63, 3.8) is 0 Å². The van der Waals surface area contributed by atoms with Gasteiger partial charge in [0.05, 0.1) is 6.26 Å². The second-order valence-corrected chi connectivity index (χ2v) is 4.10. The molecule has 5 heteroatoms. The lowest BCUT2D eigenvalue weighted by Gasteiger charge is -2.04. The van der Waals surface area contributed by atoms with Crippen molar-refractivity contribution >= 4 is 29.3 Å². The molecule has 2 N–H and O–H groups in total. The summed E-state index contributed by atoms with van der Waals surface area (Å²) in [6.45, 7) is 1.44. The molecule has 102 valence electrons. The molecule has 5 nitrogen and oxygen atoms in total. The van der Waals surface area contributed by atoms with E-state index in [4.69, 9.17) is 4.42 Å². The first kappa shape index (κ1) is 13.6. The van der Waals surface area contributed by atoms with Crippen LogP contribution in [-0.2, 0) is 9.59 Å². The second-order valence-electron chi connectivity index (χ2n) is 4.10. The average Bonchev–Trinajstić information content (AvgIpc) is 2.91. The molecule has 0 radical (unpaired) electrons. The number of rotatable bonds is 4. The zero-order valence-electron chi connectivity index (χ0n) is 10.9. The van der Waals surface area contributed by atoms with Gasteiger partial charge in [0.25, 0.3) is 0 Å². The quantitative estimate of drug-likeness (QED) is 0.839. The maximum Gasteiger partial charge on any atom is 0.248 e. The van der Waals surface area contributed by atoms with Gasteiger partial charge in [-0.2, -0.15) is 0 Å². The predicted molar refractivity (Wildman–Crippen MR) is 77.1 cm³/mol. The van der Waals surface area contributed by atoms with E-state index in [0.717, 1.165) is 0 Å². The van der Waals surface area contributed by atoms with Gasteiger partial charge >= 0.3 is 0 Å². The summed E-state index contributed by atoms with van der Waals surface area (Å²) >= 11 is 0. The molecule has 0 saturated heterocycles. The summed E-state index contributed by atoms with van der Waals surface area (Å²) in [6, 6.07) is 10.4. The number of anilines is 2. The van der Waals surface area contributed by atoms with Crippen LogP contribution in [0.25, 0.3) is 6.08 Å². The van der Waals surface area contributed by atoms with Crippen LogP contribution in [0.5, 0.6) is 0 Å². The fraction of sp³-hybridized carbons (Fsp3) is 0.0667. The highest BCUT2D eigenvalue weighted by Gasteiger charge is 1.99. The Morgan fingerprint density at radius 1 is 1.05 bits per heavy atom. The standard InChI is InChI=1S/C15H14N2O3/c1-11(18)16-12-4-6-13(7-5-12)17-15(19)9-8-14-3-2-10-20-14/h2-10H,1H3,(H,16,18)(H,17,19). The van der Waals surface area contributed by atoms with Gasteiger partial charge in [-0.05, 0) is 42.5 Å². The van der Waals surface area contributed by atoms with E-state index in [1.165, 1.54) is 13.0 Å². The van der Waals surface area contributed by atoms with Crippen LogP contribution in [0.1, 0.15) is 12.7 Å². The van der Waals surface area contributed by atoms with Crippen LogP contribution < -0.4 is 10.6 Å². The van der Waals surface area contributed by atoms with Gasteiger partial charge in [0.1, 0.15) is 5.76 Å². The molecule has 1 aromatic carbocycles. The van der Waals surface area contributed by atoms with Gasteiger partial charge in [-0.15, -0.1) is 0 Å². The van der Waals surface area contributed by atoms with Crippen molar-refractivity contribution in [3.05, 3.63) is 54.5 Å². The summed E-state index contributed by atoms with van der Waals surface area (Å²) in [7, 11) is 0. The molecule has 0 aliphatic rings. The molecule has 0 atom stereocenters. The minimum Gasteiger partial charge on any atom is -0.465 e. The third-order valence-electron chi connectivity index (χ3n) is 2.41. The molecule has 0 aliphatic heterocycles. The van der Waals surface area contributed by atoms with Crippen molar-refractivity contribution in [2.75, 3.05) is 10.6 Å². The average molecular weight is 270 g/mol. The summed E-state index contributed by atoms with van der Waals surface area (Å²) in [4.78, 5) is 22.5. The molecule has 1 heterocycles. The first-order valence-corrected chi connectivity index (χ1v) is 6.04. The fourth-order valence-corrected chi connectivity index (χ4v) is 1.57. The van der Waals surface area contributed by atoms with E-state index >= 15 is 0 Å². The summed E-state index contributed by atoms with van der Waals surface area (Å²) in [6.07, 6.45) is 4.51. The Morgan fingerprint density at radius 3 is 2.25 bits per heavy atom. The molecule has 0 fully saturated rings. The molecule has 0 unspecified atom stereocenters. The maximum atomic E-state index is 11.7. The Morgan fingerprint density at radius 2 is 1.70 bits per heavy atom. The summed E-state index contributed by atoms with van der Waals surface area (Å²) in [5.41, 5.74) is 1.33. The summed E-state index contributed by atoms with van der Waals surface area (Å²) < 4.78 is 5.08. The van der Waals surface area contributed by atoms with E-state index in [-0.39, 0.29) is 11.8 Å². The van der Waals surface area contributed by atoms with E-state index in [1.807, 2.05) is 0 Å².